The summed E-state index contributed by atoms with van der Waals surface area (Å²) in [6, 6.07) is 3.92. The number of hydrogen-bond donors (Lipinski definition) is 1. The summed E-state index contributed by atoms with van der Waals surface area (Å²) in [7, 11) is -4.32. The summed E-state index contributed by atoms with van der Waals surface area (Å²) in [5, 5.41) is 2.23. The number of sulfone groups is 1. The van der Waals surface area contributed by atoms with Crippen molar-refractivity contribution in [1.82, 2.24) is 4.57 Å². The molecule has 40 heavy (non-hydrogen) atoms. The number of thiazole rings is 1. The highest BCUT2D eigenvalue weighted by Gasteiger charge is 2.29. The number of aromatic nitrogens is 1. The van der Waals surface area contributed by atoms with Crippen LogP contribution >= 0.6 is 22.7 Å². The Labute approximate surface area is 236 Å². The van der Waals surface area contributed by atoms with Gasteiger partial charge in [-0.25, -0.2) is 22.4 Å². The number of fused-ring (bicyclic) bond motifs is 1. The van der Waals surface area contributed by atoms with Crippen LogP contribution in [0.3, 0.4) is 0 Å². The van der Waals surface area contributed by atoms with Gasteiger partial charge in [-0.05, 0) is 44.5 Å². The number of amides is 2. The molecule has 15 heteroatoms. The van der Waals surface area contributed by atoms with Crippen LogP contribution in [0.5, 0.6) is 0 Å². The molecule has 2 aromatic heterocycles. The average Bonchev–Trinajstić information content (AvgIpc) is 3.34. The zero-order valence-corrected chi connectivity index (χ0v) is 24.1. The maximum Gasteiger partial charge on any atom is 0.348 e. The molecule has 11 nitrogen and oxygen atoms in total. The molecule has 212 valence electrons. The first kappa shape index (κ1) is 30.7. The first-order valence-electron chi connectivity index (χ1n) is 11.7. The van der Waals surface area contributed by atoms with Crippen LogP contribution in [0.1, 0.15) is 39.4 Å². The highest BCUT2D eigenvalue weighted by Crippen LogP contribution is 2.34. The maximum absolute atomic E-state index is 13.6. The predicted molar refractivity (Wildman–Crippen MR) is 147 cm³/mol. The molecule has 0 unspecified atom stereocenters. The van der Waals surface area contributed by atoms with Crippen LogP contribution in [0.4, 0.5) is 9.39 Å². The number of thiophene rings is 1. The first-order valence-corrected chi connectivity index (χ1v) is 15.1. The van der Waals surface area contributed by atoms with Gasteiger partial charge in [0.1, 0.15) is 27.2 Å². The number of rotatable bonds is 10. The van der Waals surface area contributed by atoms with Gasteiger partial charge < -0.3 is 19.4 Å². The summed E-state index contributed by atoms with van der Waals surface area (Å²) in [6.07, 6.45) is 5.39. The van der Waals surface area contributed by atoms with Gasteiger partial charge in [0.05, 0.1) is 35.5 Å². The van der Waals surface area contributed by atoms with Crippen LogP contribution in [0.15, 0.2) is 23.2 Å². The molecule has 2 heterocycles. The Bertz CT molecular complexity index is 1710. The van der Waals surface area contributed by atoms with Gasteiger partial charge >= 0.3 is 11.9 Å². The highest BCUT2D eigenvalue weighted by atomic mass is 32.2. The van der Waals surface area contributed by atoms with Crippen molar-refractivity contribution in [2.75, 3.05) is 30.0 Å². The van der Waals surface area contributed by atoms with Crippen molar-refractivity contribution in [2.24, 2.45) is 4.99 Å². The maximum atomic E-state index is 13.6. The fraction of sp³-hybridized carbons (Fsp3) is 0.320. The smallest absolute Gasteiger partial charge is 0.348 e. The normalized spacial score (nSPS) is 11.7. The number of hydrogen-bond acceptors (Lipinski definition) is 10. The SMILES string of the molecule is C#CCn1c(=NC(=O)CS(=O)(=O)CC(=O)Nc2sc(C(=O)OCC)c(C)c2C(=O)OCC)sc2cc(F)ccc21. The lowest BCUT2D eigenvalue weighted by atomic mass is 10.1. The van der Waals surface area contributed by atoms with E-state index >= 15 is 0 Å². The van der Waals surface area contributed by atoms with Crippen molar-refractivity contribution in [2.45, 2.75) is 27.3 Å². The third-order valence-corrected chi connectivity index (χ3v) is 8.77. The van der Waals surface area contributed by atoms with E-state index < -0.39 is 50.9 Å². The number of anilines is 1. The molecule has 0 atom stereocenters. The van der Waals surface area contributed by atoms with E-state index in [4.69, 9.17) is 15.9 Å². The van der Waals surface area contributed by atoms with Crippen LogP contribution in [-0.2, 0) is 35.4 Å². The van der Waals surface area contributed by atoms with Gasteiger partial charge in [0, 0.05) is 0 Å². The number of nitrogens with one attached hydrogen (secondary N) is 1. The Kier molecular flexibility index (Phi) is 9.96. The summed E-state index contributed by atoms with van der Waals surface area (Å²) >= 11 is 1.69. The number of carbonyl (C=O) groups is 4. The minimum absolute atomic E-state index is 0.00369. The van der Waals surface area contributed by atoms with E-state index in [1.165, 1.54) is 29.7 Å². The van der Waals surface area contributed by atoms with E-state index in [0.717, 1.165) is 22.7 Å². The Morgan fingerprint density at radius 1 is 1.10 bits per heavy atom. The summed E-state index contributed by atoms with van der Waals surface area (Å²) in [5.74, 6) is -3.95. The molecule has 1 aromatic carbocycles. The molecule has 1 N–H and O–H groups in total. The van der Waals surface area contributed by atoms with Crippen LogP contribution in [0.2, 0.25) is 0 Å². The Balaban J connectivity index is 1.82. The molecule has 0 spiro atoms. The van der Waals surface area contributed by atoms with Crippen LogP contribution < -0.4 is 10.1 Å². The first-order chi connectivity index (χ1) is 18.9. The Morgan fingerprint density at radius 2 is 1.77 bits per heavy atom. The predicted octanol–water partition coefficient (Wildman–Crippen LogP) is 2.68. The fourth-order valence-corrected chi connectivity index (χ4v) is 6.75. The molecular formula is C25H24FN3O8S3. The lowest BCUT2D eigenvalue weighted by Crippen LogP contribution is -2.28. The molecule has 0 aliphatic heterocycles. The molecule has 2 amide bonds. The number of terminal acetylenes is 1. The third-order valence-electron chi connectivity index (χ3n) is 5.15. The second-order valence-corrected chi connectivity index (χ2v) is 12.2. The molecular weight excluding hydrogens is 585 g/mol. The van der Waals surface area contributed by atoms with E-state index in [2.05, 4.69) is 16.2 Å². The van der Waals surface area contributed by atoms with Gasteiger partial charge in [0.25, 0.3) is 5.91 Å². The van der Waals surface area contributed by atoms with Gasteiger partial charge in [-0.2, -0.15) is 4.99 Å². The number of nitrogens with zero attached hydrogens (tertiary/aromatic N) is 2. The summed E-state index contributed by atoms with van der Waals surface area (Å²) in [5.41, 5.74) is 0.618. The average molecular weight is 610 g/mol. The number of halogens is 1. The van der Waals surface area contributed by atoms with Crippen LogP contribution in [-0.4, -0.2) is 61.5 Å². The fourth-order valence-electron chi connectivity index (χ4n) is 3.56. The second-order valence-electron chi connectivity index (χ2n) is 8.07. The van der Waals surface area contributed by atoms with Gasteiger partial charge in [-0.3, -0.25) is 9.59 Å². The number of esters is 2. The Hall–Kier alpha value is -3.87. The third kappa shape index (κ3) is 7.20. The minimum atomic E-state index is -4.32. The van der Waals surface area contributed by atoms with Gasteiger partial charge in [-0.1, -0.05) is 17.3 Å². The molecule has 0 radical (unpaired) electrons. The summed E-state index contributed by atoms with van der Waals surface area (Å²) in [6.45, 7) is 4.74. The monoisotopic (exact) mass is 609 g/mol. The van der Waals surface area contributed by atoms with E-state index in [0.29, 0.717) is 10.2 Å². The van der Waals surface area contributed by atoms with Crippen molar-refractivity contribution in [3.8, 4) is 12.3 Å². The summed E-state index contributed by atoms with van der Waals surface area (Å²) < 4.78 is 50.8. The van der Waals surface area contributed by atoms with Crippen molar-refractivity contribution in [3.63, 3.8) is 0 Å². The van der Waals surface area contributed by atoms with Crippen molar-refractivity contribution < 1.29 is 41.5 Å². The van der Waals surface area contributed by atoms with Crippen LogP contribution in [0, 0.1) is 25.1 Å². The molecule has 0 fully saturated rings. The second kappa shape index (κ2) is 13.0. The van der Waals surface area contributed by atoms with E-state index in [9.17, 15) is 32.0 Å². The molecule has 0 aliphatic carbocycles. The number of ether oxygens (including phenoxy) is 2. The highest BCUT2D eigenvalue weighted by molar-refractivity contribution is 7.92. The molecule has 0 bridgehead atoms. The number of carbonyl (C=O) groups excluding carboxylic acids is 4. The van der Waals surface area contributed by atoms with Gasteiger partial charge in [0.15, 0.2) is 14.6 Å². The van der Waals surface area contributed by atoms with Gasteiger partial charge in [-0.15, -0.1) is 17.8 Å². The zero-order valence-electron chi connectivity index (χ0n) is 21.6. The van der Waals surface area contributed by atoms with Gasteiger partial charge in [0.2, 0.25) is 5.91 Å². The number of benzene rings is 1. The van der Waals surface area contributed by atoms with E-state index in [1.54, 1.807) is 13.8 Å². The largest absolute Gasteiger partial charge is 0.462 e. The lowest BCUT2D eigenvalue weighted by Gasteiger charge is -2.07. The van der Waals surface area contributed by atoms with Crippen molar-refractivity contribution in [3.05, 3.63) is 44.8 Å². The molecule has 3 aromatic rings. The summed E-state index contributed by atoms with van der Waals surface area (Å²) in [4.78, 5) is 53.9. The van der Waals surface area contributed by atoms with Crippen molar-refractivity contribution in [1.29, 1.82) is 0 Å². The quantitative estimate of drug-likeness (QED) is 0.272. The minimum Gasteiger partial charge on any atom is -0.462 e. The topological polar surface area (TPSA) is 150 Å². The van der Waals surface area contributed by atoms with E-state index in [1.807, 2.05) is 0 Å². The Morgan fingerprint density at radius 3 is 2.42 bits per heavy atom. The molecule has 0 aliphatic rings. The molecule has 0 saturated heterocycles. The van der Waals surface area contributed by atoms with E-state index in [-0.39, 0.29) is 45.6 Å². The molecule has 0 saturated carbocycles. The molecule has 3 rings (SSSR count). The zero-order chi connectivity index (χ0) is 29.6. The van der Waals surface area contributed by atoms with Crippen LogP contribution in [0.25, 0.3) is 10.2 Å². The standard InChI is InChI=1S/C25H24FN3O8S3/c1-5-10-29-16-9-8-15(26)11-17(16)38-25(29)28-19(31)13-40(34,35)12-18(30)27-22-20(23(32)36-6-2)14(4)21(39-22)24(33)37-7-3/h1,8-9,11H,6-7,10,12-13H2,2-4H3,(H,27,30). The van der Waals surface area contributed by atoms with Crippen molar-refractivity contribution >= 4 is 71.5 Å². The lowest BCUT2D eigenvalue weighted by molar-refractivity contribution is -0.115.